The first-order valence-electron chi connectivity index (χ1n) is 7.47. The minimum absolute atomic E-state index is 0.0504. The second-order valence-electron chi connectivity index (χ2n) is 5.34. The number of nitrogens with zero attached hydrogens (tertiary/aromatic N) is 1. The van der Waals surface area contributed by atoms with E-state index in [2.05, 4.69) is 5.32 Å². The minimum atomic E-state index is -0.472. The molecule has 0 aliphatic heterocycles. The summed E-state index contributed by atoms with van der Waals surface area (Å²) in [6, 6.07) is 19.4. The first-order valence-corrected chi connectivity index (χ1v) is 7.47. The Morgan fingerprint density at radius 2 is 1.62 bits per heavy atom. The smallest absolute Gasteiger partial charge is 0.260 e. The van der Waals surface area contributed by atoms with Crippen LogP contribution in [-0.4, -0.2) is 15.6 Å². The average Bonchev–Trinajstić information content (AvgIpc) is 2.59. The molecule has 120 valence electrons. The molecule has 2 N–H and O–H groups in total. The Labute approximate surface area is 138 Å². The van der Waals surface area contributed by atoms with Crippen LogP contribution in [0.3, 0.4) is 0 Å². The molecule has 2 aromatic carbocycles. The number of pyridine rings is 1. The number of carbonyl (C=O) groups is 1. The maximum atomic E-state index is 12.4. The van der Waals surface area contributed by atoms with E-state index in [1.165, 1.54) is 10.8 Å². The Morgan fingerprint density at radius 1 is 1.00 bits per heavy atom. The second-order valence-corrected chi connectivity index (χ2v) is 5.34. The monoisotopic (exact) mass is 320 g/mol. The average molecular weight is 320 g/mol. The molecule has 0 spiro atoms. The van der Waals surface area contributed by atoms with E-state index in [1.54, 1.807) is 24.3 Å². The van der Waals surface area contributed by atoms with Crippen molar-refractivity contribution in [3.63, 3.8) is 0 Å². The van der Waals surface area contributed by atoms with Gasteiger partial charge in [0.2, 0.25) is 0 Å². The Morgan fingerprint density at radius 3 is 2.29 bits per heavy atom. The fourth-order valence-electron chi connectivity index (χ4n) is 2.36. The van der Waals surface area contributed by atoms with Crippen LogP contribution in [0.2, 0.25) is 0 Å². The van der Waals surface area contributed by atoms with Crippen LogP contribution in [-0.2, 0) is 6.54 Å². The summed E-state index contributed by atoms with van der Waals surface area (Å²) in [4.78, 5) is 24.4. The van der Waals surface area contributed by atoms with E-state index in [-0.39, 0.29) is 16.9 Å². The molecule has 24 heavy (non-hydrogen) atoms. The van der Waals surface area contributed by atoms with E-state index >= 15 is 0 Å². The molecule has 3 rings (SSSR count). The number of aromatic hydroxyl groups is 1. The number of hydrogen-bond acceptors (Lipinski definition) is 3. The van der Waals surface area contributed by atoms with Gasteiger partial charge in [-0.3, -0.25) is 9.59 Å². The molecule has 5 heteroatoms. The zero-order valence-corrected chi connectivity index (χ0v) is 12.8. The highest BCUT2D eigenvalue weighted by Crippen LogP contribution is 2.16. The zero-order valence-electron chi connectivity index (χ0n) is 12.8. The third-order valence-corrected chi connectivity index (χ3v) is 3.58. The molecule has 1 heterocycles. The summed E-state index contributed by atoms with van der Waals surface area (Å²) in [7, 11) is 0. The number of aromatic nitrogens is 1. The lowest BCUT2D eigenvalue weighted by Crippen LogP contribution is -2.23. The molecule has 0 bridgehead atoms. The fraction of sp³-hybridized carbons (Fsp3) is 0.0526. The van der Waals surface area contributed by atoms with Crippen LogP contribution in [0.5, 0.6) is 5.75 Å². The predicted molar refractivity (Wildman–Crippen MR) is 92.3 cm³/mol. The topological polar surface area (TPSA) is 71.3 Å². The third-order valence-electron chi connectivity index (χ3n) is 3.58. The highest BCUT2D eigenvalue weighted by Gasteiger charge is 2.14. The molecule has 0 fully saturated rings. The van der Waals surface area contributed by atoms with Gasteiger partial charge in [-0.25, -0.2) is 0 Å². The van der Waals surface area contributed by atoms with Gasteiger partial charge in [-0.05, 0) is 17.7 Å². The first-order chi connectivity index (χ1) is 11.6. The third kappa shape index (κ3) is 3.52. The summed E-state index contributed by atoms with van der Waals surface area (Å²) >= 11 is 0. The number of benzene rings is 2. The van der Waals surface area contributed by atoms with Crippen molar-refractivity contribution in [1.29, 1.82) is 0 Å². The van der Waals surface area contributed by atoms with E-state index in [1.807, 2.05) is 36.4 Å². The maximum Gasteiger partial charge on any atom is 0.260 e. The molecule has 0 saturated heterocycles. The van der Waals surface area contributed by atoms with Crippen molar-refractivity contribution in [2.45, 2.75) is 6.54 Å². The molecule has 0 aliphatic carbocycles. The highest BCUT2D eigenvalue weighted by molar-refractivity contribution is 6.05. The Kier molecular flexibility index (Phi) is 4.43. The highest BCUT2D eigenvalue weighted by atomic mass is 16.3. The molecular formula is C19H16N2O3. The lowest BCUT2D eigenvalue weighted by Gasteiger charge is -2.11. The zero-order chi connectivity index (χ0) is 16.9. The van der Waals surface area contributed by atoms with Crippen molar-refractivity contribution < 1.29 is 9.90 Å². The standard InChI is InChI=1S/C19H16N2O3/c22-17-11-18(23)21(12-14-7-3-1-4-8-14)13-16(17)19(24)20-15-9-5-2-6-10-15/h1-11,13,22H,12H2,(H,20,24). The van der Waals surface area contributed by atoms with Crippen molar-refractivity contribution in [2.24, 2.45) is 0 Å². The van der Waals surface area contributed by atoms with Crippen LogP contribution >= 0.6 is 0 Å². The normalized spacial score (nSPS) is 10.3. The number of hydrogen-bond donors (Lipinski definition) is 2. The number of anilines is 1. The molecule has 3 aromatic rings. The first kappa shape index (κ1) is 15.6. The van der Waals surface area contributed by atoms with Crippen molar-refractivity contribution in [2.75, 3.05) is 5.32 Å². The predicted octanol–water partition coefficient (Wildman–Crippen LogP) is 2.85. The lowest BCUT2D eigenvalue weighted by atomic mass is 10.2. The van der Waals surface area contributed by atoms with Crippen molar-refractivity contribution in [1.82, 2.24) is 4.57 Å². The summed E-state index contributed by atoms with van der Waals surface area (Å²) < 4.78 is 1.40. The molecule has 1 aromatic heterocycles. The van der Waals surface area contributed by atoms with Gasteiger partial charge >= 0.3 is 0 Å². The van der Waals surface area contributed by atoms with E-state index in [9.17, 15) is 14.7 Å². The molecule has 5 nitrogen and oxygen atoms in total. The van der Waals surface area contributed by atoms with Crippen LogP contribution in [0.4, 0.5) is 5.69 Å². The number of rotatable bonds is 4. The lowest BCUT2D eigenvalue weighted by molar-refractivity contribution is 0.102. The van der Waals surface area contributed by atoms with E-state index < -0.39 is 5.91 Å². The van der Waals surface area contributed by atoms with Gasteiger partial charge in [-0.15, -0.1) is 0 Å². The van der Waals surface area contributed by atoms with Crippen LogP contribution in [0.25, 0.3) is 0 Å². The van der Waals surface area contributed by atoms with Gasteiger partial charge < -0.3 is 15.0 Å². The van der Waals surface area contributed by atoms with Crippen LogP contribution < -0.4 is 10.9 Å². The SMILES string of the molecule is O=C(Nc1ccccc1)c1cn(Cc2ccccc2)c(=O)cc1O. The molecule has 0 radical (unpaired) electrons. The molecule has 0 atom stereocenters. The van der Waals surface area contributed by atoms with E-state index in [0.717, 1.165) is 11.6 Å². The molecule has 0 saturated carbocycles. The molecule has 0 aliphatic rings. The Hall–Kier alpha value is -3.34. The van der Waals surface area contributed by atoms with Crippen molar-refractivity contribution >= 4 is 11.6 Å². The summed E-state index contributed by atoms with van der Waals surface area (Å²) in [5, 5.41) is 12.7. The van der Waals surface area contributed by atoms with Gasteiger partial charge in [0.1, 0.15) is 5.75 Å². The van der Waals surface area contributed by atoms with Gasteiger partial charge in [-0.2, -0.15) is 0 Å². The minimum Gasteiger partial charge on any atom is -0.507 e. The van der Waals surface area contributed by atoms with Gasteiger partial charge in [0.05, 0.1) is 12.1 Å². The largest absolute Gasteiger partial charge is 0.507 e. The number of nitrogens with one attached hydrogen (secondary N) is 1. The second kappa shape index (κ2) is 6.83. The quantitative estimate of drug-likeness (QED) is 0.776. The molecule has 1 amide bonds. The number of carbonyl (C=O) groups excluding carboxylic acids is 1. The van der Waals surface area contributed by atoms with Gasteiger partial charge in [0.15, 0.2) is 0 Å². The van der Waals surface area contributed by atoms with Crippen LogP contribution in [0, 0.1) is 0 Å². The van der Waals surface area contributed by atoms with Gasteiger partial charge in [-0.1, -0.05) is 48.5 Å². The molecular weight excluding hydrogens is 304 g/mol. The van der Waals surface area contributed by atoms with E-state index in [0.29, 0.717) is 12.2 Å². The van der Waals surface area contributed by atoms with Crippen molar-refractivity contribution in [3.8, 4) is 5.75 Å². The van der Waals surface area contributed by atoms with Crippen LogP contribution in [0.1, 0.15) is 15.9 Å². The number of amides is 1. The summed E-state index contributed by atoms with van der Waals surface area (Å²) in [5.41, 5.74) is 1.23. The van der Waals surface area contributed by atoms with Gasteiger partial charge in [0, 0.05) is 18.0 Å². The van der Waals surface area contributed by atoms with Crippen molar-refractivity contribution in [3.05, 3.63) is 94.4 Å². The Bertz CT molecular complexity index is 903. The van der Waals surface area contributed by atoms with Gasteiger partial charge in [0.25, 0.3) is 11.5 Å². The summed E-state index contributed by atoms with van der Waals surface area (Å²) in [5.74, 6) is -0.807. The molecule has 0 unspecified atom stereocenters. The Balaban J connectivity index is 1.89. The van der Waals surface area contributed by atoms with E-state index in [4.69, 9.17) is 0 Å². The summed E-state index contributed by atoms with van der Waals surface area (Å²) in [6.45, 7) is 0.325. The fourth-order valence-corrected chi connectivity index (χ4v) is 2.36. The number of para-hydroxylation sites is 1. The van der Waals surface area contributed by atoms with Crippen LogP contribution in [0.15, 0.2) is 77.7 Å². The summed E-state index contributed by atoms with van der Waals surface area (Å²) in [6.07, 6.45) is 1.38. The maximum absolute atomic E-state index is 12.4.